The summed E-state index contributed by atoms with van der Waals surface area (Å²) in [4.78, 5) is 38.4. The van der Waals surface area contributed by atoms with Gasteiger partial charge in [-0.3, -0.25) is 14.4 Å². The van der Waals surface area contributed by atoms with Gasteiger partial charge in [0.25, 0.3) is 0 Å². The summed E-state index contributed by atoms with van der Waals surface area (Å²) >= 11 is 0. The second-order valence-electron chi connectivity index (χ2n) is 7.91. The molecule has 0 aromatic heterocycles. The van der Waals surface area contributed by atoms with Gasteiger partial charge in [0.1, 0.15) is 13.1 Å². The topological polar surface area (TPSA) is 72.5 Å². The van der Waals surface area contributed by atoms with E-state index in [1.807, 2.05) is 0 Å². The highest BCUT2D eigenvalue weighted by Crippen LogP contribution is 2.34. The molecule has 3 rings (SSSR count). The lowest BCUT2D eigenvalue weighted by Gasteiger charge is -2.37. The van der Waals surface area contributed by atoms with Crippen molar-refractivity contribution in [3.8, 4) is 0 Å². The number of hydrogen-bond acceptors (Lipinski definition) is 4. The Morgan fingerprint density at radius 2 is 1.93 bits per heavy atom. The van der Waals surface area contributed by atoms with Crippen LogP contribution in [0.3, 0.4) is 0 Å². The van der Waals surface area contributed by atoms with Gasteiger partial charge in [-0.2, -0.15) is 0 Å². The summed E-state index contributed by atoms with van der Waals surface area (Å²) in [6.07, 6.45) is 7.25. The summed E-state index contributed by atoms with van der Waals surface area (Å²) in [6, 6.07) is 0. The van der Waals surface area contributed by atoms with Crippen molar-refractivity contribution in [1.29, 1.82) is 0 Å². The highest BCUT2D eigenvalue weighted by atomic mass is 16.5. The Hall–Kier alpha value is -2.57. The van der Waals surface area contributed by atoms with Crippen molar-refractivity contribution >= 4 is 17.5 Å². The third-order valence-electron chi connectivity index (χ3n) is 5.90. The number of morpholine rings is 1. The molecule has 6 nitrogen and oxygen atoms in total. The van der Waals surface area contributed by atoms with Crippen LogP contribution in [0.2, 0.25) is 0 Å². The number of rotatable bonds is 6. The largest absolute Gasteiger partial charge is 0.370 e. The Morgan fingerprint density at radius 1 is 1.21 bits per heavy atom. The van der Waals surface area contributed by atoms with Crippen molar-refractivity contribution in [2.75, 3.05) is 46.4 Å². The molecule has 3 aliphatic rings. The molecule has 1 aliphatic heterocycles. The monoisotopic (exact) mass is 397 g/mol. The molecule has 2 aliphatic carbocycles. The molecular formula is C23H29N2O4+. The van der Waals surface area contributed by atoms with Crippen LogP contribution in [0, 0.1) is 0 Å². The molecule has 0 unspecified atom stereocenters. The average Bonchev–Trinajstić information content (AvgIpc) is 2.72. The highest BCUT2D eigenvalue weighted by molar-refractivity contribution is 6.29. The Bertz CT molecular complexity index is 867. The summed E-state index contributed by atoms with van der Waals surface area (Å²) in [5.41, 5.74) is 2.07. The van der Waals surface area contributed by atoms with Crippen LogP contribution in [0.1, 0.15) is 19.8 Å². The number of nitrogens with zero attached hydrogens (tertiary/aromatic N) is 1. The zero-order valence-electron chi connectivity index (χ0n) is 17.3. The molecule has 0 radical (unpaired) electrons. The molecule has 1 amide bonds. The fraction of sp³-hybridized carbons (Fsp3) is 0.435. The highest BCUT2D eigenvalue weighted by Gasteiger charge is 2.34. The number of carbonyl (C=O) groups is 3. The summed E-state index contributed by atoms with van der Waals surface area (Å²) < 4.78 is 6.29. The van der Waals surface area contributed by atoms with Gasteiger partial charge in [-0.05, 0) is 25.8 Å². The summed E-state index contributed by atoms with van der Waals surface area (Å²) in [7, 11) is 2.17. The number of hydrogen-bond donors (Lipinski definition) is 1. The molecule has 154 valence electrons. The number of Topliss-reactive ketones (excluding diaryl/α,β-unsaturated/α-hetero) is 2. The van der Waals surface area contributed by atoms with E-state index >= 15 is 0 Å². The van der Waals surface area contributed by atoms with Crippen LogP contribution in [-0.2, 0) is 19.1 Å². The predicted octanol–water partition coefficient (Wildman–Crippen LogP) is 1.81. The van der Waals surface area contributed by atoms with Crippen molar-refractivity contribution in [2.45, 2.75) is 19.8 Å². The fourth-order valence-corrected chi connectivity index (χ4v) is 3.99. The van der Waals surface area contributed by atoms with Crippen LogP contribution in [0.25, 0.3) is 0 Å². The van der Waals surface area contributed by atoms with Crippen molar-refractivity contribution in [2.24, 2.45) is 0 Å². The van der Waals surface area contributed by atoms with E-state index < -0.39 is 0 Å². The van der Waals surface area contributed by atoms with E-state index in [1.54, 1.807) is 25.2 Å². The first kappa shape index (κ1) is 21.1. The molecule has 0 saturated carbocycles. The average molecular weight is 397 g/mol. The van der Waals surface area contributed by atoms with Crippen LogP contribution in [0.5, 0.6) is 0 Å². The Labute approximate surface area is 171 Å². The van der Waals surface area contributed by atoms with Gasteiger partial charge in [-0.1, -0.05) is 24.8 Å². The second-order valence-corrected chi connectivity index (χ2v) is 7.91. The van der Waals surface area contributed by atoms with Crippen molar-refractivity contribution < 1.29 is 23.6 Å². The second kappa shape index (κ2) is 8.84. The van der Waals surface area contributed by atoms with Gasteiger partial charge in [-0.15, -0.1) is 0 Å². The maximum atomic E-state index is 12.9. The first-order chi connectivity index (χ1) is 13.9. The first-order valence-electron chi connectivity index (χ1n) is 10.1. The zero-order valence-corrected chi connectivity index (χ0v) is 17.3. The van der Waals surface area contributed by atoms with Crippen molar-refractivity contribution in [3.63, 3.8) is 0 Å². The molecule has 6 heteroatoms. The van der Waals surface area contributed by atoms with Gasteiger partial charge >= 0.3 is 0 Å². The third-order valence-corrected chi connectivity index (χ3v) is 5.90. The van der Waals surface area contributed by atoms with Gasteiger partial charge in [0, 0.05) is 27.9 Å². The fourth-order valence-electron chi connectivity index (χ4n) is 3.99. The smallest absolute Gasteiger partial charge is 0.247 e. The van der Waals surface area contributed by atoms with Gasteiger partial charge in [-0.25, -0.2) is 0 Å². The SMILES string of the molecule is C=CC1=C(/C=C\C)C(=O)C2=C(CCC(C(=O)NCC[N+]3(C)CCOCC3)=C2)C1=O. The van der Waals surface area contributed by atoms with Gasteiger partial charge < -0.3 is 14.5 Å². The van der Waals surface area contributed by atoms with E-state index in [0.29, 0.717) is 47.3 Å². The maximum absolute atomic E-state index is 12.9. The lowest BCUT2D eigenvalue weighted by Crippen LogP contribution is -2.54. The summed E-state index contributed by atoms with van der Waals surface area (Å²) in [6.45, 7) is 10.3. The molecule has 1 heterocycles. The summed E-state index contributed by atoms with van der Waals surface area (Å²) in [5, 5.41) is 2.98. The van der Waals surface area contributed by atoms with Crippen LogP contribution < -0.4 is 5.32 Å². The minimum atomic E-state index is -0.219. The van der Waals surface area contributed by atoms with Crippen LogP contribution in [0.4, 0.5) is 0 Å². The number of nitrogens with one attached hydrogen (secondary N) is 1. The third kappa shape index (κ3) is 4.38. The molecule has 1 fully saturated rings. The first-order valence-corrected chi connectivity index (χ1v) is 10.1. The predicted molar refractivity (Wildman–Crippen MR) is 111 cm³/mol. The van der Waals surface area contributed by atoms with E-state index in [2.05, 4.69) is 18.9 Å². The normalized spacial score (nSPS) is 21.9. The van der Waals surface area contributed by atoms with Crippen LogP contribution in [-0.4, -0.2) is 68.4 Å². The molecule has 0 aromatic rings. The number of quaternary nitrogens is 1. The Balaban J connectivity index is 1.71. The van der Waals surface area contributed by atoms with Gasteiger partial charge in [0.15, 0.2) is 11.6 Å². The molecule has 0 spiro atoms. The summed E-state index contributed by atoms with van der Waals surface area (Å²) in [5.74, 6) is -0.546. The van der Waals surface area contributed by atoms with E-state index in [9.17, 15) is 14.4 Å². The standard InChI is InChI=1S/C23H28N2O4/c1-4-6-18-17(5-2)21(26)19-8-7-16(15-20(19)22(18)27)23(28)24-9-10-25(3)11-13-29-14-12-25/h4-6,15H,2,7-14H2,1,3H3/p+1/b6-4-. The van der Waals surface area contributed by atoms with E-state index in [0.717, 1.165) is 37.3 Å². The van der Waals surface area contributed by atoms with E-state index in [-0.39, 0.29) is 17.5 Å². The molecule has 0 atom stereocenters. The maximum Gasteiger partial charge on any atom is 0.247 e. The van der Waals surface area contributed by atoms with Crippen molar-refractivity contribution in [1.82, 2.24) is 5.32 Å². The number of allylic oxidation sites excluding steroid dienone is 8. The number of amides is 1. The van der Waals surface area contributed by atoms with Crippen molar-refractivity contribution in [3.05, 3.63) is 58.7 Å². The molecule has 0 aromatic carbocycles. The lowest BCUT2D eigenvalue weighted by atomic mass is 9.78. The Kier molecular flexibility index (Phi) is 6.45. The number of likely N-dealkylation sites (N-methyl/N-ethyl adjacent to an activating group) is 1. The minimum Gasteiger partial charge on any atom is -0.370 e. The zero-order chi connectivity index (χ0) is 21.0. The number of ether oxygens (including phenoxy) is 1. The molecule has 1 N–H and O–H groups in total. The molecular weight excluding hydrogens is 368 g/mol. The number of ketones is 2. The Morgan fingerprint density at radius 3 is 2.59 bits per heavy atom. The molecule has 0 bridgehead atoms. The quantitative estimate of drug-likeness (QED) is 0.548. The van der Waals surface area contributed by atoms with Gasteiger partial charge in [0.05, 0.1) is 33.4 Å². The molecule has 29 heavy (non-hydrogen) atoms. The lowest BCUT2D eigenvalue weighted by molar-refractivity contribution is -0.915. The minimum absolute atomic E-state index is 0.164. The molecule has 1 saturated heterocycles. The van der Waals surface area contributed by atoms with Crippen LogP contribution in [0.15, 0.2) is 58.7 Å². The van der Waals surface area contributed by atoms with E-state index in [4.69, 9.17) is 4.74 Å². The van der Waals surface area contributed by atoms with Crippen LogP contribution >= 0.6 is 0 Å². The van der Waals surface area contributed by atoms with Gasteiger partial charge in [0.2, 0.25) is 5.91 Å². The number of carbonyl (C=O) groups excluding carboxylic acids is 3. The van der Waals surface area contributed by atoms with E-state index in [1.165, 1.54) is 6.08 Å².